The molecule has 1 atom stereocenters. The van der Waals surface area contributed by atoms with Gasteiger partial charge in [-0.25, -0.2) is 0 Å². The van der Waals surface area contributed by atoms with Crippen molar-refractivity contribution in [3.63, 3.8) is 0 Å². The summed E-state index contributed by atoms with van der Waals surface area (Å²) in [5.74, 6) is -0.876. The van der Waals surface area contributed by atoms with Crippen LogP contribution in [-0.4, -0.2) is 44.7 Å². The summed E-state index contributed by atoms with van der Waals surface area (Å²) >= 11 is 6.51. The topological polar surface area (TPSA) is 99.9 Å². The number of hydrogen-bond acceptors (Lipinski definition) is 6. The number of rotatable bonds is 9. The fourth-order valence-corrected chi connectivity index (χ4v) is 3.59. The normalized spacial score (nSPS) is 17.0. The van der Waals surface area contributed by atoms with Crippen molar-refractivity contribution in [1.82, 2.24) is 10.2 Å². The Hall–Kier alpha value is -2.13. The number of carbonyl (C=O) groups is 3. The Morgan fingerprint density at radius 1 is 1.42 bits per heavy atom. The van der Waals surface area contributed by atoms with Gasteiger partial charge in [0, 0.05) is 19.0 Å². The Bertz CT molecular complexity index is 715. The molecule has 1 aromatic heterocycles. The van der Waals surface area contributed by atoms with Gasteiger partial charge in [0.25, 0.3) is 5.91 Å². The molecule has 0 aromatic carbocycles. The lowest BCUT2D eigenvalue weighted by atomic mass is 10.1. The van der Waals surface area contributed by atoms with Crippen LogP contribution in [0.25, 0.3) is 6.08 Å². The molecule has 2 N–H and O–H groups in total. The van der Waals surface area contributed by atoms with Crippen LogP contribution < -0.4 is 5.32 Å². The van der Waals surface area contributed by atoms with E-state index < -0.39 is 12.0 Å². The van der Waals surface area contributed by atoms with Gasteiger partial charge < -0.3 is 14.8 Å². The van der Waals surface area contributed by atoms with Crippen molar-refractivity contribution in [2.24, 2.45) is 0 Å². The summed E-state index contributed by atoms with van der Waals surface area (Å²) in [7, 11) is 0. The molecule has 1 aliphatic rings. The number of thiocarbonyl (C=S) groups is 1. The summed E-state index contributed by atoms with van der Waals surface area (Å²) in [5, 5.41) is 11.1. The summed E-state index contributed by atoms with van der Waals surface area (Å²) < 4.78 is 5.73. The zero-order valence-corrected chi connectivity index (χ0v) is 15.9. The predicted molar refractivity (Wildman–Crippen MR) is 102 cm³/mol. The van der Waals surface area contributed by atoms with E-state index in [1.165, 1.54) is 18.7 Å². The molecule has 0 saturated carbocycles. The van der Waals surface area contributed by atoms with Gasteiger partial charge in [-0.2, -0.15) is 0 Å². The molecule has 1 aliphatic heterocycles. The lowest BCUT2D eigenvalue weighted by Crippen LogP contribution is -2.38. The molecule has 2 amide bonds. The van der Waals surface area contributed by atoms with Crippen LogP contribution in [0.4, 0.5) is 0 Å². The van der Waals surface area contributed by atoms with Crippen molar-refractivity contribution in [3.05, 3.63) is 29.1 Å². The van der Waals surface area contributed by atoms with Crippen LogP contribution in [-0.2, 0) is 14.4 Å². The van der Waals surface area contributed by atoms with Crippen molar-refractivity contribution in [2.45, 2.75) is 38.6 Å². The van der Waals surface area contributed by atoms with Gasteiger partial charge in [0.1, 0.15) is 16.1 Å². The van der Waals surface area contributed by atoms with Crippen LogP contribution >= 0.6 is 24.0 Å². The number of unbranched alkanes of at least 4 members (excludes halogenated alkanes) is 2. The van der Waals surface area contributed by atoms with E-state index in [-0.39, 0.29) is 18.2 Å². The summed E-state index contributed by atoms with van der Waals surface area (Å²) in [4.78, 5) is 36.7. The number of carboxylic acid groups (broad SMARTS) is 1. The molecule has 1 fully saturated rings. The first kappa shape index (κ1) is 20.2. The van der Waals surface area contributed by atoms with E-state index in [2.05, 4.69) is 5.32 Å². The smallest absolute Gasteiger partial charge is 0.325 e. The molecule has 0 bridgehead atoms. The average Bonchev–Trinajstić information content (AvgIpc) is 3.17. The number of carbonyl (C=O) groups excluding carboxylic acids is 2. The molecule has 1 aromatic rings. The maximum atomic E-state index is 12.4. The van der Waals surface area contributed by atoms with Crippen LogP contribution in [0.15, 0.2) is 27.7 Å². The van der Waals surface area contributed by atoms with E-state index in [4.69, 9.17) is 21.7 Å². The highest BCUT2D eigenvalue weighted by Gasteiger charge is 2.31. The first-order valence-electron chi connectivity index (χ1n) is 8.19. The van der Waals surface area contributed by atoms with Gasteiger partial charge in [0.2, 0.25) is 5.91 Å². The predicted octanol–water partition coefficient (Wildman–Crippen LogP) is 2.63. The van der Waals surface area contributed by atoms with Gasteiger partial charge in [-0.1, -0.05) is 30.4 Å². The zero-order valence-electron chi connectivity index (χ0n) is 14.3. The standard InChI is InChI=1S/C17H20N2O5S2/c1-11(16(22)23)18-14(20)7-3-2-4-8-19-15(21)13(26-17(19)25)10-12-6-5-9-24-12/h5-6,9-11H,2-4,7-8H2,1H3,(H,18,20)(H,22,23)/b13-10-. The lowest BCUT2D eigenvalue weighted by Gasteiger charge is -2.14. The van der Waals surface area contributed by atoms with Crippen LogP contribution in [0.3, 0.4) is 0 Å². The summed E-state index contributed by atoms with van der Waals surface area (Å²) in [6.07, 6.45) is 5.54. The number of carboxylic acids is 1. The summed E-state index contributed by atoms with van der Waals surface area (Å²) in [6.45, 7) is 1.92. The number of hydrogen-bond donors (Lipinski definition) is 2. The Kier molecular flexibility index (Phi) is 7.40. The second-order valence-electron chi connectivity index (χ2n) is 5.79. The third kappa shape index (κ3) is 5.70. The Morgan fingerprint density at radius 2 is 2.19 bits per heavy atom. The molecule has 7 nitrogen and oxygen atoms in total. The van der Waals surface area contributed by atoms with Crippen molar-refractivity contribution in [2.75, 3.05) is 6.54 Å². The fraction of sp³-hybridized carbons (Fsp3) is 0.412. The van der Waals surface area contributed by atoms with Gasteiger partial charge in [-0.3, -0.25) is 19.3 Å². The maximum absolute atomic E-state index is 12.4. The Morgan fingerprint density at radius 3 is 2.85 bits per heavy atom. The highest BCUT2D eigenvalue weighted by molar-refractivity contribution is 8.26. The van der Waals surface area contributed by atoms with Crippen molar-refractivity contribution in [1.29, 1.82) is 0 Å². The van der Waals surface area contributed by atoms with E-state index in [9.17, 15) is 14.4 Å². The molecule has 0 spiro atoms. The largest absolute Gasteiger partial charge is 0.480 e. The molecule has 0 radical (unpaired) electrons. The maximum Gasteiger partial charge on any atom is 0.325 e. The Balaban J connectivity index is 1.71. The third-order valence-electron chi connectivity index (χ3n) is 3.72. The minimum Gasteiger partial charge on any atom is -0.480 e. The number of nitrogens with zero attached hydrogens (tertiary/aromatic N) is 1. The van der Waals surface area contributed by atoms with Gasteiger partial charge in [-0.15, -0.1) is 0 Å². The first-order valence-corrected chi connectivity index (χ1v) is 9.42. The summed E-state index contributed by atoms with van der Waals surface area (Å²) in [5.41, 5.74) is 0. The highest BCUT2D eigenvalue weighted by atomic mass is 32.2. The first-order chi connectivity index (χ1) is 12.4. The minimum absolute atomic E-state index is 0.135. The number of aliphatic carboxylic acids is 1. The molecule has 9 heteroatoms. The van der Waals surface area contributed by atoms with Gasteiger partial charge in [0.05, 0.1) is 11.2 Å². The molecule has 1 unspecified atom stereocenters. The van der Waals surface area contributed by atoms with Crippen molar-refractivity contribution in [3.8, 4) is 0 Å². The molecule has 140 valence electrons. The van der Waals surface area contributed by atoms with E-state index in [1.807, 2.05) is 0 Å². The SMILES string of the molecule is CC(NC(=O)CCCCCN1C(=O)/C(=C/c2ccco2)SC1=S)C(=O)O. The number of nitrogens with one attached hydrogen (secondary N) is 1. The number of thioether (sulfide) groups is 1. The van der Waals surface area contributed by atoms with Crippen LogP contribution in [0.2, 0.25) is 0 Å². The van der Waals surface area contributed by atoms with Gasteiger partial charge in [0.15, 0.2) is 0 Å². The summed E-state index contributed by atoms with van der Waals surface area (Å²) in [6, 6.07) is 2.63. The second-order valence-corrected chi connectivity index (χ2v) is 7.46. The second kappa shape index (κ2) is 9.54. The van der Waals surface area contributed by atoms with Crippen LogP contribution in [0.1, 0.15) is 38.4 Å². The molecular weight excluding hydrogens is 376 g/mol. The van der Waals surface area contributed by atoms with Gasteiger partial charge >= 0.3 is 5.97 Å². The van der Waals surface area contributed by atoms with Crippen LogP contribution in [0.5, 0.6) is 0 Å². The fourth-order valence-electron chi connectivity index (χ4n) is 2.30. The van der Waals surface area contributed by atoms with E-state index in [1.54, 1.807) is 29.4 Å². The molecule has 2 rings (SSSR count). The Labute approximate surface area is 160 Å². The van der Waals surface area contributed by atoms with Crippen molar-refractivity contribution >= 4 is 52.2 Å². The quantitative estimate of drug-likeness (QED) is 0.376. The number of furan rings is 1. The lowest BCUT2D eigenvalue weighted by molar-refractivity contribution is -0.141. The number of amides is 2. The molecule has 0 aliphatic carbocycles. The highest BCUT2D eigenvalue weighted by Crippen LogP contribution is 2.32. The average molecular weight is 396 g/mol. The molecular formula is C17H20N2O5S2. The zero-order chi connectivity index (χ0) is 19.1. The minimum atomic E-state index is -1.06. The molecule has 26 heavy (non-hydrogen) atoms. The third-order valence-corrected chi connectivity index (χ3v) is 5.10. The van der Waals surface area contributed by atoms with Crippen LogP contribution in [0, 0.1) is 0 Å². The van der Waals surface area contributed by atoms with E-state index >= 15 is 0 Å². The van der Waals surface area contributed by atoms with Gasteiger partial charge in [-0.05, 0) is 31.9 Å². The monoisotopic (exact) mass is 396 g/mol. The van der Waals surface area contributed by atoms with E-state index in [0.717, 1.165) is 6.42 Å². The van der Waals surface area contributed by atoms with Crippen molar-refractivity contribution < 1.29 is 23.9 Å². The molecule has 2 heterocycles. The van der Waals surface area contributed by atoms with E-state index in [0.29, 0.717) is 34.4 Å². The molecule has 1 saturated heterocycles.